The zero-order valence-electron chi connectivity index (χ0n) is 39.7. The van der Waals surface area contributed by atoms with Crippen LogP contribution in [0.25, 0.3) is 0 Å². The number of hydrogen-bond donors (Lipinski definition) is 0. The van der Waals surface area contributed by atoms with E-state index in [2.05, 4.69) is 40.5 Å². The van der Waals surface area contributed by atoms with Gasteiger partial charge in [0.05, 0.1) is 0 Å². The summed E-state index contributed by atoms with van der Waals surface area (Å²) in [5.74, 6) is 0.677. The molecule has 0 aromatic heterocycles. The highest BCUT2D eigenvalue weighted by Gasteiger charge is 2.03. The molecule has 0 saturated heterocycles. The molecule has 57 heavy (non-hydrogen) atoms. The molecule has 0 amide bonds. The van der Waals surface area contributed by atoms with Crippen LogP contribution in [0.4, 0.5) is 0 Å². The highest BCUT2D eigenvalue weighted by Crippen LogP contribution is 2.16. The minimum atomic E-state index is 0.188. The first kappa shape index (κ1) is 59.5. The van der Waals surface area contributed by atoms with Crippen LogP contribution in [0.2, 0.25) is 0 Å². The molecule has 0 unspecified atom stereocenters. The normalized spacial score (nSPS) is 10.6. The van der Waals surface area contributed by atoms with E-state index >= 15 is 0 Å². The van der Waals surface area contributed by atoms with E-state index in [4.69, 9.17) is 0 Å². The van der Waals surface area contributed by atoms with Crippen molar-refractivity contribution < 1.29 is 14.4 Å². The molecule has 0 radical (unpaired) electrons. The quantitative estimate of drug-likeness (QED) is 0.0456. The van der Waals surface area contributed by atoms with Gasteiger partial charge in [0.1, 0.15) is 0 Å². The standard InChI is InChI=1S/C25H48O.C17H32O.C12H22O/c1-4-5-6-7-8-9-10-11-12-13-14-15-16-17-18-19-20-21-22-23-25(26)24(2)3;1-4-5-6-7-8-9-10-11-12-13-14-15-17(18)16(2)3;1-3-5-6-7-8-9-10-11-12(13)4-2/h2,4-23H2,1,3H3;2,4-15H2,1,3H3;4H,2-3,5-11H2,1H3. The highest BCUT2D eigenvalue weighted by molar-refractivity contribution is 5.94. The van der Waals surface area contributed by atoms with Crippen molar-refractivity contribution in [3.05, 3.63) is 37.0 Å². The Morgan fingerprint density at radius 2 is 0.491 bits per heavy atom. The molecule has 0 spiro atoms. The monoisotopic (exact) mass is 799 g/mol. The van der Waals surface area contributed by atoms with Crippen molar-refractivity contribution in [3.8, 4) is 0 Å². The first-order chi connectivity index (χ1) is 27.7. The summed E-state index contributed by atoms with van der Waals surface area (Å²) in [4.78, 5) is 33.6. The number of rotatable bonds is 43. The maximum Gasteiger partial charge on any atom is 0.157 e. The lowest BCUT2D eigenvalue weighted by Crippen LogP contribution is -1.97. The molecule has 0 heterocycles. The predicted octanol–water partition coefficient (Wildman–Crippen LogP) is 18.7. The van der Waals surface area contributed by atoms with Crippen LogP contribution in [0.5, 0.6) is 0 Å². The Hall–Kier alpha value is -1.77. The van der Waals surface area contributed by atoms with E-state index in [1.165, 1.54) is 224 Å². The van der Waals surface area contributed by atoms with Crippen molar-refractivity contribution in [2.24, 2.45) is 0 Å². The number of Topliss-reactive ketones (excluding diaryl/α,β-unsaturated/α-hetero) is 2. The molecule has 0 aromatic rings. The molecule has 0 N–H and O–H groups in total. The minimum absolute atomic E-state index is 0.188. The summed E-state index contributed by atoms with van der Waals surface area (Å²) in [6, 6.07) is 0. The molecule has 0 aromatic carbocycles. The van der Waals surface area contributed by atoms with Crippen LogP contribution < -0.4 is 0 Å². The maximum absolute atomic E-state index is 11.4. The summed E-state index contributed by atoms with van der Waals surface area (Å²) in [6.07, 6.45) is 53.4. The van der Waals surface area contributed by atoms with Crippen molar-refractivity contribution >= 4 is 17.3 Å². The Kier molecular flexibility index (Phi) is 54.6. The largest absolute Gasteiger partial charge is 0.295 e. The second kappa shape index (κ2) is 52.2. The lowest BCUT2D eigenvalue weighted by molar-refractivity contribution is -0.116. The van der Waals surface area contributed by atoms with Gasteiger partial charge in [0.15, 0.2) is 17.3 Å². The van der Waals surface area contributed by atoms with Crippen LogP contribution in [0.3, 0.4) is 0 Å². The molecule has 0 aliphatic heterocycles. The van der Waals surface area contributed by atoms with Gasteiger partial charge in [-0.25, -0.2) is 0 Å². The van der Waals surface area contributed by atoms with Gasteiger partial charge in [0, 0.05) is 19.3 Å². The minimum Gasteiger partial charge on any atom is -0.295 e. The van der Waals surface area contributed by atoms with E-state index in [0.29, 0.717) is 30.4 Å². The molecule has 0 fully saturated rings. The Morgan fingerprint density at radius 3 is 0.667 bits per heavy atom. The SMILES string of the molecule is C=C(C)C(=O)CCCCCCCCCCCCC.C=C(C)C(=O)CCCCCCCCCCCCCCCCCCCCC.C=CC(=O)CCCCCCCCC. The van der Waals surface area contributed by atoms with Crippen molar-refractivity contribution in [1.29, 1.82) is 0 Å². The van der Waals surface area contributed by atoms with Crippen molar-refractivity contribution in [1.82, 2.24) is 0 Å². The Balaban J connectivity index is -0.000000818. The Morgan fingerprint density at radius 1 is 0.316 bits per heavy atom. The molecule has 336 valence electrons. The lowest BCUT2D eigenvalue weighted by atomic mass is 10.0. The summed E-state index contributed by atoms with van der Waals surface area (Å²) in [6.45, 7) is 21.2. The summed E-state index contributed by atoms with van der Waals surface area (Å²) >= 11 is 0. The van der Waals surface area contributed by atoms with Gasteiger partial charge in [-0.1, -0.05) is 259 Å². The average Bonchev–Trinajstić information content (AvgIpc) is 3.20. The molecule has 0 atom stereocenters. The van der Waals surface area contributed by atoms with Crippen LogP contribution in [-0.4, -0.2) is 17.3 Å². The second-order valence-corrected chi connectivity index (χ2v) is 17.3. The van der Waals surface area contributed by atoms with E-state index in [9.17, 15) is 14.4 Å². The van der Waals surface area contributed by atoms with E-state index < -0.39 is 0 Å². The smallest absolute Gasteiger partial charge is 0.157 e. The van der Waals surface area contributed by atoms with Crippen LogP contribution in [-0.2, 0) is 14.4 Å². The molecule has 3 nitrogen and oxygen atoms in total. The van der Waals surface area contributed by atoms with E-state index in [1.807, 2.05) is 6.92 Å². The highest BCUT2D eigenvalue weighted by atomic mass is 16.1. The second-order valence-electron chi connectivity index (χ2n) is 17.3. The molecular formula is C54H102O3. The van der Waals surface area contributed by atoms with Crippen molar-refractivity contribution in [2.45, 2.75) is 291 Å². The number of hydrogen-bond acceptors (Lipinski definition) is 3. The molecule has 0 aliphatic carbocycles. The Bertz CT molecular complexity index is 899. The average molecular weight is 799 g/mol. The molecule has 0 rings (SSSR count). The first-order valence-corrected chi connectivity index (χ1v) is 25.2. The number of allylic oxidation sites excluding steroid dienone is 3. The van der Waals surface area contributed by atoms with Gasteiger partial charge in [-0.2, -0.15) is 0 Å². The molecule has 0 aliphatic rings. The predicted molar refractivity (Wildman–Crippen MR) is 257 cm³/mol. The lowest BCUT2D eigenvalue weighted by Gasteiger charge is -2.04. The van der Waals surface area contributed by atoms with Crippen LogP contribution in [0.1, 0.15) is 291 Å². The fraction of sp³-hybridized carbons (Fsp3) is 0.833. The van der Waals surface area contributed by atoms with Crippen molar-refractivity contribution in [3.63, 3.8) is 0 Å². The van der Waals surface area contributed by atoms with E-state index in [0.717, 1.165) is 19.3 Å². The number of ketones is 3. The van der Waals surface area contributed by atoms with Crippen molar-refractivity contribution in [2.75, 3.05) is 0 Å². The first-order valence-electron chi connectivity index (χ1n) is 25.2. The van der Waals surface area contributed by atoms with Gasteiger partial charge in [0.2, 0.25) is 0 Å². The topological polar surface area (TPSA) is 51.2 Å². The Labute approximate surface area is 359 Å². The maximum atomic E-state index is 11.4. The fourth-order valence-electron chi connectivity index (χ4n) is 7.10. The van der Waals surface area contributed by atoms with Gasteiger partial charge < -0.3 is 0 Å². The third-order valence-electron chi connectivity index (χ3n) is 11.2. The molecule has 0 bridgehead atoms. The fourth-order valence-corrected chi connectivity index (χ4v) is 7.10. The van der Waals surface area contributed by atoms with E-state index in [-0.39, 0.29) is 17.3 Å². The number of carbonyl (C=O) groups excluding carboxylic acids is 3. The van der Waals surface area contributed by atoms with Gasteiger partial charge in [0.25, 0.3) is 0 Å². The zero-order chi connectivity index (χ0) is 42.9. The van der Waals surface area contributed by atoms with Gasteiger partial charge in [-0.3, -0.25) is 14.4 Å². The summed E-state index contributed by atoms with van der Waals surface area (Å²) < 4.78 is 0. The molecular weight excluding hydrogens is 697 g/mol. The summed E-state index contributed by atoms with van der Waals surface area (Å²) in [5, 5.41) is 0. The number of carbonyl (C=O) groups is 3. The van der Waals surface area contributed by atoms with Gasteiger partial charge >= 0.3 is 0 Å². The number of unbranched alkanes of at least 4 members (excludes halogenated alkanes) is 34. The van der Waals surface area contributed by atoms with E-state index in [1.54, 1.807) is 6.92 Å². The molecule has 0 saturated carbocycles. The third-order valence-corrected chi connectivity index (χ3v) is 11.2. The van der Waals surface area contributed by atoms with Gasteiger partial charge in [-0.05, 0) is 50.3 Å². The van der Waals surface area contributed by atoms with Crippen LogP contribution in [0.15, 0.2) is 37.0 Å². The van der Waals surface area contributed by atoms with Crippen LogP contribution in [0, 0.1) is 0 Å². The summed E-state index contributed by atoms with van der Waals surface area (Å²) in [5.41, 5.74) is 1.43. The van der Waals surface area contributed by atoms with Crippen LogP contribution >= 0.6 is 0 Å². The summed E-state index contributed by atoms with van der Waals surface area (Å²) in [7, 11) is 0. The molecule has 3 heteroatoms. The third kappa shape index (κ3) is 56.4. The zero-order valence-corrected chi connectivity index (χ0v) is 39.7. The van der Waals surface area contributed by atoms with Gasteiger partial charge in [-0.15, -0.1) is 0 Å².